The summed E-state index contributed by atoms with van der Waals surface area (Å²) in [6.07, 6.45) is 8.69. The van der Waals surface area contributed by atoms with Gasteiger partial charge in [-0.05, 0) is 6.42 Å². The summed E-state index contributed by atoms with van der Waals surface area (Å²) in [5.74, 6) is 0. The smallest absolute Gasteiger partial charge is 0.386 e. The van der Waals surface area contributed by atoms with E-state index in [1.165, 1.54) is 32.1 Å². The summed E-state index contributed by atoms with van der Waals surface area (Å²) in [6, 6.07) is 0.914. The van der Waals surface area contributed by atoms with Crippen LogP contribution in [0.2, 0.25) is 6.04 Å². The molecule has 1 atom stereocenters. The number of hydrogen-bond donors (Lipinski definition) is 0. The van der Waals surface area contributed by atoms with E-state index >= 15 is 0 Å². The molecule has 0 aliphatic carbocycles. The van der Waals surface area contributed by atoms with E-state index in [-0.39, 0.29) is 0 Å². The summed E-state index contributed by atoms with van der Waals surface area (Å²) < 4.78 is 11.0. The summed E-state index contributed by atoms with van der Waals surface area (Å²) in [7, 11) is -0.668. The third kappa shape index (κ3) is 8.56. The topological polar surface area (TPSA) is 18.5 Å². The Morgan fingerprint density at radius 2 is 1.56 bits per heavy atom. The van der Waals surface area contributed by atoms with E-state index in [9.17, 15) is 0 Å². The largest absolute Gasteiger partial charge is 0.442 e. The first-order chi connectivity index (χ1) is 7.68. The van der Waals surface area contributed by atoms with Gasteiger partial charge in [-0.25, -0.2) is 0 Å². The van der Waals surface area contributed by atoms with E-state index < -0.39 is 7.87 Å². The van der Waals surface area contributed by atoms with Crippen LogP contribution >= 0.6 is 11.1 Å². The Kier molecular flexibility index (Phi) is 10.9. The van der Waals surface area contributed by atoms with E-state index in [4.69, 9.17) is 19.9 Å². The van der Waals surface area contributed by atoms with Crippen molar-refractivity contribution in [1.29, 1.82) is 0 Å². The fourth-order valence-electron chi connectivity index (χ4n) is 1.60. The molecule has 0 fully saturated rings. The Balaban J connectivity index is 3.53. The molecule has 0 saturated carbocycles. The number of halogens is 1. The van der Waals surface area contributed by atoms with Crippen molar-refractivity contribution in [2.24, 2.45) is 0 Å². The molecule has 4 heteroatoms. The molecule has 1 unspecified atom stereocenters. The monoisotopic (exact) mass is 266 g/mol. The Morgan fingerprint density at radius 3 is 2.12 bits per heavy atom. The normalized spacial score (nSPS) is 15.0. The fourth-order valence-corrected chi connectivity index (χ4v) is 3.88. The zero-order valence-electron chi connectivity index (χ0n) is 11.1. The lowest BCUT2D eigenvalue weighted by molar-refractivity contribution is 0.217. The maximum Gasteiger partial charge on any atom is 0.442 e. The molecule has 0 aromatic carbocycles. The molecule has 0 bridgehead atoms. The van der Waals surface area contributed by atoms with Crippen molar-refractivity contribution in [3.63, 3.8) is 0 Å². The Hall–Kier alpha value is 0.427. The Labute approximate surface area is 107 Å². The van der Waals surface area contributed by atoms with Gasteiger partial charge in [0.2, 0.25) is 0 Å². The van der Waals surface area contributed by atoms with Crippen LogP contribution in [-0.2, 0) is 8.85 Å². The minimum absolute atomic E-state index is 0.722. The van der Waals surface area contributed by atoms with E-state index in [1.807, 2.05) is 0 Å². The zero-order chi connectivity index (χ0) is 12.3. The van der Waals surface area contributed by atoms with Gasteiger partial charge in [0.15, 0.2) is 0 Å². The van der Waals surface area contributed by atoms with Crippen molar-refractivity contribution in [3.05, 3.63) is 0 Å². The van der Waals surface area contributed by atoms with Crippen molar-refractivity contribution in [3.8, 4) is 0 Å². The van der Waals surface area contributed by atoms with Crippen LogP contribution in [-0.4, -0.2) is 21.6 Å². The van der Waals surface area contributed by atoms with Crippen LogP contribution < -0.4 is 0 Å². The lowest BCUT2D eigenvalue weighted by atomic mass is 10.1. The van der Waals surface area contributed by atoms with E-state index in [0.717, 1.165) is 25.5 Å². The average molecular weight is 267 g/mol. The van der Waals surface area contributed by atoms with Crippen LogP contribution in [0.3, 0.4) is 0 Å². The number of unbranched alkanes of at least 4 members (excludes halogenated alkanes) is 5. The molecule has 16 heavy (non-hydrogen) atoms. The molecule has 98 valence electrons. The Bertz CT molecular complexity index is 158. The molecule has 0 rings (SSSR count). The maximum atomic E-state index is 6.34. The molecule has 0 heterocycles. The third-order valence-corrected chi connectivity index (χ3v) is 6.21. The minimum atomic E-state index is -2.34. The molecule has 0 saturated heterocycles. The van der Waals surface area contributed by atoms with E-state index in [0.29, 0.717) is 0 Å². The van der Waals surface area contributed by atoms with E-state index in [1.54, 1.807) is 7.11 Å². The second-order valence-electron chi connectivity index (χ2n) is 4.23. The molecule has 0 radical (unpaired) electrons. The zero-order valence-corrected chi connectivity index (χ0v) is 12.8. The molecule has 0 aromatic rings. The van der Waals surface area contributed by atoms with Gasteiger partial charge in [0.1, 0.15) is 0 Å². The molecular weight excluding hydrogens is 240 g/mol. The first kappa shape index (κ1) is 16.4. The number of hydrogen-bond acceptors (Lipinski definition) is 2. The van der Waals surface area contributed by atoms with Gasteiger partial charge in [-0.2, -0.15) is 0 Å². The second kappa shape index (κ2) is 10.6. The highest BCUT2D eigenvalue weighted by Gasteiger charge is 2.33. The molecule has 0 aliphatic rings. The summed E-state index contributed by atoms with van der Waals surface area (Å²) in [5.41, 5.74) is 0. The molecule has 0 aromatic heterocycles. The van der Waals surface area contributed by atoms with Crippen LogP contribution in [0.15, 0.2) is 0 Å². The van der Waals surface area contributed by atoms with Crippen molar-refractivity contribution >= 4 is 18.9 Å². The molecule has 0 amide bonds. The average Bonchev–Trinajstić information content (AvgIpc) is 2.31. The van der Waals surface area contributed by atoms with Gasteiger partial charge in [0, 0.05) is 19.8 Å². The summed E-state index contributed by atoms with van der Waals surface area (Å²) in [5, 5.41) is 0. The van der Waals surface area contributed by atoms with Gasteiger partial charge in [-0.3, -0.25) is 0 Å². The van der Waals surface area contributed by atoms with Gasteiger partial charge in [-0.15, -0.1) is 0 Å². The lowest BCUT2D eigenvalue weighted by Crippen LogP contribution is -2.34. The quantitative estimate of drug-likeness (QED) is 0.309. The number of rotatable bonds is 11. The summed E-state index contributed by atoms with van der Waals surface area (Å²) in [4.78, 5) is 0. The van der Waals surface area contributed by atoms with Crippen LogP contribution in [0.25, 0.3) is 0 Å². The van der Waals surface area contributed by atoms with Gasteiger partial charge in [0.05, 0.1) is 0 Å². The van der Waals surface area contributed by atoms with Crippen molar-refractivity contribution in [1.82, 2.24) is 0 Å². The lowest BCUT2D eigenvalue weighted by Gasteiger charge is -2.21. The molecule has 2 nitrogen and oxygen atoms in total. The first-order valence-electron chi connectivity index (χ1n) is 6.56. The second-order valence-corrected chi connectivity index (χ2v) is 8.47. The molecule has 0 N–H and O–H groups in total. The highest BCUT2D eigenvalue weighted by atomic mass is 35.6. The van der Waals surface area contributed by atoms with Gasteiger partial charge in [-0.1, -0.05) is 63.5 Å². The first-order valence-corrected chi connectivity index (χ1v) is 9.60. The van der Waals surface area contributed by atoms with Crippen LogP contribution in [0, 0.1) is 0 Å². The fraction of sp³-hybridized carbons (Fsp3) is 1.00. The summed E-state index contributed by atoms with van der Waals surface area (Å²) >= 11 is 6.34. The van der Waals surface area contributed by atoms with E-state index in [2.05, 4.69) is 13.8 Å². The molecule has 0 aliphatic heterocycles. The van der Waals surface area contributed by atoms with Gasteiger partial charge in [0.25, 0.3) is 0 Å². The third-order valence-electron chi connectivity index (χ3n) is 2.66. The van der Waals surface area contributed by atoms with Crippen LogP contribution in [0.1, 0.15) is 58.8 Å². The maximum absolute atomic E-state index is 6.34. The minimum Gasteiger partial charge on any atom is -0.386 e. The van der Waals surface area contributed by atoms with Crippen molar-refractivity contribution in [2.75, 3.05) is 13.7 Å². The highest BCUT2D eigenvalue weighted by Crippen LogP contribution is 2.22. The van der Waals surface area contributed by atoms with Gasteiger partial charge >= 0.3 is 7.87 Å². The van der Waals surface area contributed by atoms with Crippen LogP contribution in [0.4, 0.5) is 0 Å². The Morgan fingerprint density at radius 1 is 0.938 bits per heavy atom. The van der Waals surface area contributed by atoms with Crippen molar-refractivity contribution in [2.45, 2.75) is 64.8 Å². The van der Waals surface area contributed by atoms with Gasteiger partial charge < -0.3 is 8.85 Å². The molecular formula is C12H27ClO2Si. The SMILES string of the molecule is CCCCCCCC[Si](Cl)(OC)OCCC. The predicted octanol–water partition coefficient (Wildman–Crippen LogP) is 4.60. The summed E-state index contributed by atoms with van der Waals surface area (Å²) in [6.45, 7) is 5.05. The molecule has 0 spiro atoms. The van der Waals surface area contributed by atoms with Crippen LogP contribution in [0.5, 0.6) is 0 Å². The highest BCUT2D eigenvalue weighted by molar-refractivity contribution is 7.12. The predicted molar refractivity (Wildman–Crippen MR) is 73.0 cm³/mol. The van der Waals surface area contributed by atoms with Crippen molar-refractivity contribution < 1.29 is 8.85 Å². The standard InChI is InChI=1S/C12H27ClO2Si/c1-4-6-7-8-9-10-12-16(13,14-3)15-11-5-2/h4-12H2,1-3H3.